The average molecular weight is 180 g/mol. The molecule has 13 heavy (non-hydrogen) atoms. The van der Waals surface area contributed by atoms with Gasteiger partial charge in [0, 0.05) is 25.4 Å². The fourth-order valence-electron chi connectivity index (χ4n) is 1.39. The van der Waals surface area contributed by atoms with Gasteiger partial charge in [-0.15, -0.1) is 0 Å². The van der Waals surface area contributed by atoms with Gasteiger partial charge in [-0.1, -0.05) is 20.8 Å². The van der Waals surface area contributed by atoms with Gasteiger partial charge >= 0.3 is 0 Å². The second-order valence-corrected chi connectivity index (χ2v) is 3.97. The van der Waals surface area contributed by atoms with E-state index in [9.17, 15) is 0 Å². The molecule has 1 aromatic rings. The zero-order chi connectivity index (χ0) is 9.68. The quantitative estimate of drug-likeness (QED) is 0.681. The minimum absolute atomic E-state index is 0.775. The molecule has 0 aliphatic heterocycles. The third-order valence-corrected chi connectivity index (χ3v) is 2.22. The lowest BCUT2D eigenvalue weighted by molar-refractivity contribution is 0.504. The molecule has 0 aromatic carbocycles. The van der Waals surface area contributed by atoms with Crippen LogP contribution in [0.2, 0.25) is 0 Å². The van der Waals surface area contributed by atoms with Crippen molar-refractivity contribution in [1.29, 1.82) is 0 Å². The molecule has 1 rings (SSSR count). The SMILES string of the molecule is CCCc1nccn1CCC(C)C. The van der Waals surface area contributed by atoms with Crippen LogP contribution in [-0.4, -0.2) is 9.55 Å². The van der Waals surface area contributed by atoms with Crippen LogP contribution in [-0.2, 0) is 13.0 Å². The molecular formula is C11H20N2. The molecule has 0 amide bonds. The Labute approximate surface area is 81.0 Å². The third-order valence-electron chi connectivity index (χ3n) is 2.22. The first-order valence-electron chi connectivity index (χ1n) is 5.24. The van der Waals surface area contributed by atoms with E-state index < -0.39 is 0 Å². The lowest BCUT2D eigenvalue weighted by atomic mass is 10.1. The van der Waals surface area contributed by atoms with E-state index in [1.807, 2.05) is 6.20 Å². The van der Waals surface area contributed by atoms with Crippen molar-refractivity contribution in [1.82, 2.24) is 9.55 Å². The number of hydrogen-bond donors (Lipinski definition) is 0. The Balaban J connectivity index is 2.49. The zero-order valence-corrected chi connectivity index (χ0v) is 8.95. The number of nitrogens with zero attached hydrogens (tertiary/aromatic N) is 2. The van der Waals surface area contributed by atoms with Crippen molar-refractivity contribution in [3.63, 3.8) is 0 Å². The van der Waals surface area contributed by atoms with Crippen molar-refractivity contribution in [3.05, 3.63) is 18.2 Å². The van der Waals surface area contributed by atoms with Gasteiger partial charge in [0.2, 0.25) is 0 Å². The average Bonchev–Trinajstić information content (AvgIpc) is 2.49. The smallest absolute Gasteiger partial charge is 0.108 e. The Bertz CT molecular complexity index is 238. The molecule has 2 nitrogen and oxygen atoms in total. The summed E-state index contributed by atoms with van der Waals surface area (Å²) in [6, 6.07) is 0. The first-order valence-corrected chi connectivity index (χ1v) is 5.24. The van der Waals surface area contributed by atoms with Crippen molar-refractivity contribution in [2.75, 3.05) is 0 Å². The Hall–Kier alpha value is -0.790. The van der Waals surface area contributed by atoms with Crippen LogP contribution < -0.4 is 0 Å². The highest BCUT2D eigenvalue weighted by atomic mass is 15.1. The minimum atomic E-state index is 0.775. The van der Waals surface area contributed by atoms with Crippen LogP contribution in [0.5, 0.6) is 0 Å². The number of aromatic nitrogens is 2. The van der Waals surface area contributed by atoms with Gasteiger partial charge in [-0.2, -0.15) is 0 Å². The van der Waals surface area contributed by atoms with Crippen molar-refractivity contribution in [3.8, 4) is 0 Å². The Morgan fingerprint density at radius 3 is 2.85 bits per heavy atom. The van der Waals surface area contributed by atoms with E-state index in [-0.39, 0.29) is 0 Å². The van der Waals surface area contributed by atoms with Crippen molar-refractivity contribution in [2.24, 2.45) is 5.92 Å². The van der Waals surface area contributed by atoms with Gasteiger partial charge in [-0.3, -0.25) is 0 Å². The molecule has 0 aliphatic carbocycles. The first-order chi connectivity index (χ1) is 6.24. The molecule has 0 aliphatic rings. The molecule has 0 bridgehead atoms. The van der Waals surface area contributed by atoms with Crippen LogP contribution >= 0.6 is 0 Å². The normalized spacial score (nSPS) is 11.1. The Kier molecular flexibility index (Phi) is 4.00. The molecule has 2 heteroatoms. The van der Waals surface area contributed by atoms with Crippen LogP contribution in [0.25, 0.3) is 0 Å². The summed E-state index contributed by atoms with van der Waals surface area (Å²) in [5.41, 5.74) is 0. The summed E-state index contributed by atoms with van der Waals surface area (Å²) < 4.78 is 2.28. The molecule has 0 N–H and O–H groups in total. The summed E-state index contributed by atoms with van der Waals surface area (Å²) in [5.74, 6) is 2.01. The minimum Gasteiger partial charge on any atom is -0.335 e. The molecule has 0 unspecified atom stereocenters. The van der Waals surface area contributed by atoms with Gasteiger partial charge in [0.15, 0.2) is 0 Å². The maximum absolute atomic E-state index is 4.35. The second-order valence-electron chi connectivity index (χ2n) is 3.97. The summed E-state index contributed by atoms with van der Waals surface area (Å²) >= 11 is 0. The highest BCUT2D eigenvalue weighted by molar-refractivity contribution is 4.92. The van der Waals surface area contributed by atoms with Crippen LogP contribution in [0.3, 0.4) is 0 Å². The fraction of sp³-hybridized carbons (Fsp3) is 0.727. The summed E-state index contributed by atoms with van der Waals surface area (Å²) in [6.07, 6.45) is 7.52. The van der Waals surface area contributed by atoms with Crippen molar-refractivity contribution in [2.45, 2.75) is 46.6 Å². The number of rotatable bonds is 5. The van der Waals surface area contributed by atoms with E-state index in [4.69, 9.17) is 0 Å². The molecule has 0 saturated carbocycles. The van der Waals surface area contributed by atoms with Crippen molar-refractivity contribution < 1.29 is 0 Å². The topological polar surface area (TPSA) is 17.8 Å². The molecule has 0 fully saturated rings. The van der Waals surface area contributed by atoms with E-state index in [1.165, 1.54) is 18.7 Å². The van der Waals surface area contributed by atoms with E-state index >= 15 is 0 Å². The molecule has 1 heterocycles. The number of aryl methyl sites for hydroxylation is 2. The van der Waals surface area contributed by atoms with Gasteiger partial charge in [0.1, 0.15) is 5.82 Å². The van der Waals surface area contributed by atoms with Crippen LogP contribution in [0.4, 0.5) is 0 Å². The summed E-state index contributed by atoms with van der Waals surface area (Å²) in [4.78, 5) is 4.35. The van der Waals surface area contributed by atoms with Crippen molar-refractivity contribution >= 4 is 0 Å². The molecule has 0 radical (unpaired) electrons. The fourth-order valence-corrected chi connectivity index (χ4v) is 1.39. The van der Waals surface area contributed by atoms with Gasteiger partial charge in [0.05, 0.1) is 0 Å². The second kappa shape index (κ2) is 5.05. The number of imidazole rings is 1. The van der Waals surface area contributed by atoms with Gasteiger partial charge in [0.25, 0.3) is 0 Å². The predicted octanol–water partition coefficient (Wildman–Crippen LogP) is 2.88. The molecular weight excluding hydrogens is 160 g/mol. The van der Waals surface area contributed by atoms with E-state index in [1.54, 1.807) is 0 Å². The highest BCUT2D eigenvalue weighted by Gasteiger charge is 2.01. The maximum Gasteiger partial charge on any atom is 0.108 e. The third kappa shape index (κ3) is 3.21. The lowest BCUT2D eigenvalue weighted by Gasteiger charge is -2.08. The largest absolute Gasteiger partial charge is 0.335 e. The van der Waals surface area contributed by atoms with Crippen LogP contribution in [0.15, 0.2) is 12.4 Å². The standard InChI is InChI=1S/C11H20N2/c1-4-5-11-12-7-9-13(11)8-6-10(2)3/h7,9-10H,4-6,8H2,1-3H3. The molecule has 0 spiro atoms. The molecule has 0 saturated heterocycles. The first kappa shape index (κ1) is 10.3. The monoisotopic (exact) mass is 180 g/mol. The summed E-state index contributed by atoms with van der Waals surface area (Å²) in [5, 5.41) is 0. The van der Waals surface area contributed by atoms with E-state index in [2.05, 4.69) is 36.5 Å². The van der Waals surface area contributed by atoms with Gasteiger partial charge in [-0.25, -0.2) is 4.98 Å². The summed E-state index contributed by atoms with van der Waals surface area (Å²) in [7, 11) is 0. The van der Waals surface area contributed by atoms with Crippen LogP contribution in [0.1, 0.15) is 39.4 Å². The molecule has 1 aromatic heterocycles. The maximum atomic E-state index is 4.35. The van der Waals surface area contributed by atoms with E-state index in [0.717, 1.165) is 18.9 Å². The number of hydrogen-bond acceptors (Lipinski definition) is 1. The van der Waals surface area contributed by atoms with Gasteiger partial charge < -0.3 is 4.57 Å². The summed E-state index contributed by atoms with van der Waals surface area (Å²) in [6.45, 7) is 7.83. The lowest BCUT2D eigenvalue weighted by Crippen LogP contribution is -2.05. The zero-order valence-electron chi connectivity index (χ0n) is 8.95. The predicted molar refractivity (Wildman–Crippen MR) is 55.7 cm³/mol. The highest BCUT2D eigenvalue weighted by Crippen LogP contribution is 2.06. The van der Waals surface area contributed by atoms with Gasteiger partial charge in [-0.05, 0) is 18.8 Å². The van der Waals surface area contributed by atoms with Crippen LogP contribution in [0, 0.1) is 5.92 Å². The molecule has 74 valence electrons. The Morgan fingerprint density at radius 1 is 1.46 bits per heavy atom. The Morgan fingerprint density at radius 2 is 2.23 bits per heavy atom. The molecule has 0 atom stereocenters. The van der Waals surface area contributed by atoms with E-state index in [0.29, 0.717) is 0 Å².